The van der Waals surface area contributed by atoms with E-state index in [1.54, 1.807) is 0 Å². The largest absolute Gasteiger partial charge is 0.103 e. The van der Waals surface area contributed by atoms with Gasteiger partial charge in [0.1, 0.15) is 0 Å². The summed E-state index contributed by atoms with van der Waals surface area (Å²) in [6, 6.07) is 0. The van der Waals surface area contributed by atoms with Crippen molar-refractivity contribution in [1.29, 1.82) is 0 Å². The monoisotopic (exact) mass is 124 g/mol. The van der Waals surface area contributed by atoms with E-state index in [0.717, 1.165) is 12.3 Å². The fourth-order valence-corrected chi connectivity index (χ4v) is 0.561. The van der Waals surface area contributed by atoms with Crippen LogP contribution in [0.1, 0.15) is 26.7 Å². The summed E-state index contributed by atoms with van der Waals surface area (Å²) in [6.07, 6.45) is 8.48. The molecule has 0 unspecified atom stereocenters. The van der Waals surface area contributed by atoms with Gasteiger partial charge in [-0.05, 0) is 18.8 Å². The first-order chi connectivity index (χ1) is 4.27. The van der Waals surface area contributed by atoms with E-state index in [-0.39, 0.29) is 0 Å². The molecule has 0 bridgehead atoms. The molecule has 0 saturated carbocycles. The van der Waals surface area contributed by atoms with E-state index in [2.05, 4.69) is 32.6 Å². The van der Waals surface area contributed by atoms with Crippen molar-refractivity contribution in [3.8, 4) is 0 Å². The Bertz CT molecular complexity index is 88.2. The highest BCUT2D eigenvalue weighted by Gasteiger charge is 1.84. The number of hydrogen-bond acceptors (Lipinski definition) is 0. The molecule has 0 nitrogen and oxygen atoms in total. The SMILES string of the molecule is C=CC/C=C/CC(C)C. The van der Waals surface area contributed by atoms with Crippen LogP contribution in [0.3, 0.4) is 0 Å². The minimum Gasteiger partial charge on any atom is -0.103 e. The van der Waals surface area contributed by atoms with Gasteiger partial charge in [-0.15, -0.1) is 6.58 Å². The number of rotatable bonds is 4. The quantitative estimate of drug-likeness (QED) is 0.505. The summed E-state index contributed by atoms with van der Waals surface area (Å²) in [6.45, 7) is 8.07. The van der Waals surface area contributed by atoms with Crippen LogP contribution < -0.4 is 0 Å². The van der Waals surface area contributed by atoms with E-state index < -0.39 is 0 Å². The van der Waals surface area contributed by atoms with Gasteiger partial charge in [-0.3, -0.25) is 0 Å². The van der Waals surface area contributed by atoms with E-state index in [9.17, 15) is 0 Å². The second-order valence-electron chi connectivity index (χ2n) is 2.63. The number of allylic oxidation sites excluding steroid dienone is 3. The molecular weight excluding hydrogens is 108 g/mol. The Labute approximate surface area is 58.3 Å². The number of hydrogen-bond donors (Lipinski definition) is 0. The molecule has 0 aliphatic rings. The second-order valence-corrected chi connectivity index (χ2v) is 2.63. The molecular formula is C9H16. The van der Waals surface area contributed by atoms with Crippen LogP contribution in [-0.4, -0.2) is 0 Å². The Morgan fingerprint density at radius 1 is 1.33 bits per heavy atom. The first-order valence-corrected chi connectivity index (χ1v) is 3.53. The molecule has 0 aromatic rings. The van der Waals surface area contributed by atoms with E-state index in [1.807, 2.05) is 6.08 Å². The first kappa shape index (κ1) is 8.48. The van der Waals surface area contributed by atoms with Crippen LogP contribution in [0.4, 0.5) is 0 Å². The highest BCUT2D eigenvalue weighted by atomic mass is 13.9. The molecule has 0 spiro atoms. The summed E-state index contributed by atoms with van der Waals surface area (Å²) in [5.74, 6) is 0.783. The molecule has 0 radical (unpaired) electrons. The van der Waals surface area contributed by atoms with Crippen molar-refractivity contribution in [2.24, 2.45) is 5.92 Å². The summed E-state index contributed by atoms with van der Waals surface area (Å²) in [5, 5.41) is 0. The molecule has 0 aromatic carbocycles. The predicted octanol–water partition coefficient (Wildman–Crippen LogP) is 3.16. The van der Waals surface area contributed by atoms with Gasteiger partial charge in [0.15, 0.2) is 0 Å². The third kappa shape index (κ3) is 7.48. The molecule has 0 amide bonds. The van der Waals surface area contributed by atoms with Crippen LogP contribution in [0.2, 0.25) is 0 Å². The van der Waals surface area contributed by atoms with Crippen molar-refractivity contribution in [1.82, 2.24) is 0 Å². The third-order valence-electron chi connectivity index (χ3n) is 1.08. The normalized spacial score (nSPS) is 11.0. The zero-order valence-electron chi connectivity index (χ0n) is 6.43. The molecule has 0 N–H and O–H groups in total. The van der Waals surface area contributed by atoms with Gasteiger partial charge < -0.3 is 0 Å². The van der Waals surface area contributed by atoms with Crippen LogP contribution >= 0.6 is 0 Å². The Balaban J connectivity index is 3.14. The smallest absolute Gasteiger partial charge is 0.0172 e. The van der Waals surface area contributed by atoms with Crippen molar-refractivity contribution >= 4 is 0 Å². The average Bonchev–Trinajstić information content (AvgIpc) is 1.80. The maximum Gasteiger partial charge on any atom is -0.0172 e. The zero-order chi connectivity index (χ0) is 7.11. The van der Waals surface area contributed by atoms with Gasteiger partial charge in [0, 0.05) is 0 Å². The molecule has 0 heterocycles. The topological polar surface area (TPSA) is 0 Å². The predicted molar refractivity (Wildman–Crippen MR) is 43.4 cm³/mol. The minimum absolute atomic E-state index is 0.783. The summed E-state index contributed by atoms with van der Waals surface area (Å²) < 4.78 is 0. The third-order valence-corrected chi connectivity index (χ3v) is 1.08. The highest BCUT2D eigenvalue weighted by Crippen LogP contribution is 2.00. The van der Waals surface area contributed by atoms with Crippen molar-refractivity contribution in [3.05, 3.63) is 24.8 Å². The minimum atomic E-state index is 0.783. The lowest BCUT2D eigenvalue weighted by Gasteiger charge is -1.94. The van der Waals surface area contributed by atoms with Gasteiger partial charge in [-0.25, -0.2) is 0 Å². The first-order valence-electron chi connectivity index (χ1n) is 3.53. The lowest BCUT2D eigenvalue weighted by atomic mass is 10.1. The van der Waals surface area contributed by atoms with Crippen molar-refractivity contribution in [2.45, 2.75) is 26.7 Å². The Kier molecular flexibility index (Phi) is 5.29. The maximum absolute atomic E-state index is 3.63. The maximum atomic E-state index is 3.63. The Morgan fingerprint density at radius 3 is 2.44 bits per heavy atom. The van der Waals surface area contributed by atoms with Gasteiger partial charge in [0.2, 0.25) is 0 Å². The summed E-state index contributed by atoms with van der Waals surface area (Å²) in [4.78, 5) is 0. The molecule has 0 fully saturated rings. The molecule has 52 valence electrons. The Hall–Kier alpha value is -0.520. The van der Waals surface area contributed by atoms with E-state index in [0.29, 0.717) is 0 Å². The molecule has 0 saturated heterocycles. The fraction of sp³-hybridized carbons (Fsp3) is 0.556. The average molecular weight is 124 g/mol. The molecule has 0 rings (SSSR count). The van der Waals surface area contributed by atoms with Gasteiger partial charge in [-0.1, -0.05) is 32.1 Å². The van der Waals surface area contributed by atoms with Crippen molar-refractivity contribution in [3.63, 3.8) is 0 Å². The van der Waals surface area contributed by atoms with Crippen LogP contribution in [0.5, 0.6) is 0 Å². The summed E-state index contributed by atoms with van der Waals surface area (Å²) in [5.41, 5.74) is 0. The van der Waals surface area contributed by atoms with Crippen LogP contribution in [0.15, 0.2) is 24.8 Å². The lowest BCUT2D eigenvalue weighted by Crippen LogP contribution is -1.80. The van der Waals surface area contributed by atoms with E-state index in [1.165, 1.54) is 6.42 Å². The van der Waals surface area contributed by atoms with Gasteiger partial charge in [-0.2, -0.15) is 0 Å². The molecule has 0 heteroatoms. The second kappa shape index (κ2) is 5.61. The van der Waals surface area contributed by atoms with Crippen molar-refractivity contribution < 1.29 is 0 Å². The molecule has 9 heavy (non-hydrogen) atoms. The molecule has 0 atom stereocenters. The zero-order valence-corrected chi connectivity index (χ0v) is 6.43. The van der Waals surface area contributed by atoms with Gasteiger partial charge >= 0.3 is 0 Å². The Morgan fingerprint density at radius 2 is 2.00 bits per heavy atom. The fourth-order valence-electron chi connectivity index (χ4n) is 0.561. The van der Waals surface area contributed by atoms with Gasteiger partial charge in [0.25, 0.3) is 0 Å². The lowest BCUT2D eigenvalue weighted by molar-refractivity contribution is 0.663. The van der Waals surface area contributed by atoms with E-state index in [4.69, 9.17) is 0 Å². The molecule has 0 aliphatic carbocycles. The van der Waals surface area contributed by atoms with Crippen LogP contribution in [-0.2, 0) is 0 Å². The van der Waals surface area contributed by atoms with Crippen LogP contribution in [0, 0.1) is 5.92 Å². The van der Waals surface area contributed by atoms with Crippen LogP contribution in [0.25, 0.3) is 0 Å². The molecule has 0 aliphatic heterocycles. The summed E-state index contributed by atoms with van der Waals surface area (Å²) in [7, 11) is 0. The highest BCUT2D eigenvalue weighted by molar-refractivity contribution is 4.88. The standard InChI is InChI=1S/C9H16/c1-4-5-6-7-8-9(2)3/h4,6-7,9H,1,5,8H2,2-3H3/b7-6+. The van der Waals surface area contributed by atoms with Gasteiger partial charge in [0.05, 0.1) is 0 Å². The molecule has 0 aromatic heterocycles. The summed E-state index contributed by atoms with van der Waals surface area (Å²) >= 11 is 0. The van der Waals surface area contributed by atoms with Crippen molar-refractivity contribution in [2.75, 3.05) is 0 Å². The van der Waals surface area contributed by atoms with E-state index >= 15 is 0 Å².